The van der Waals surface area contributed by atoms with Crippen molar-refractivity contribution in [2.24, 2.45) is 0 Å². The third-order valence-electron chi connectivity index (χ3n) is 5.62. The molecule has 0 aliphatic carbocycles. The number of carbonyl (C=O) groups excluding carboxylic acids is 1. The molecule has 0 unspecified atom stereocenters. The lowest BCUT2D eigenvalue weighted by atomic mass is 10.0. The highest BCUT2D eigenvalue weighted by Gasteiger charge is 2.33. The molecule has 0 saturated carbocycles. The Labute approximate surface area is 179 Å². The summed E-state index contributed by atoms with van der Waals surface area (Å²) < 4.78 is 22.9. The van der Waals surface area contributed by atoms with Gasteiger partial charge in [-0.15, -0.1) is 0 Å². The second-order valence-electron chi connectivity index (χ2n) is 7.72. The van der Waals surface area contributed by atoms with Gasteiger partial charge in [0.2, 0.25) is 12.6 Å². The molecule has 0 atom stereocenters. The summed E-state index contributed by atoms with van der Waals surface area (Å²) in [6.07, 6.45) is 1.78. The summed E-state index contributed by atoms with van der Waals surface area (Å²) in [7, 11) is 0. The van der Waals surface area contributed by atoms with Crippen LogP contribution in [-0.4, -0.2) is 24.2 Å². The fourth-order valence-electron chi connectivity index (χ4n) is 4.10. The molecule has 6 rings (SSSR count). The van der Waals surface area contributed by atoms with Gasteiger partial charge >= 0.3 is 0 Å². The average Bonchev–Trinajstić information content (AvgIpc) is 3.39. The van der Waals surface area contributed by atoms with Crippen LogP contribution in [0.2, 0.25) is 0 Å². The van der Waals surface area contributed by atoms with E-state index in [0.29, 0.717) is 36.9 Å². The van der Waals surface area contributed by atoms with E-state index in [1.807, 2.05) is 54.6 Å². The van der Waals surface area contributed by atoms with Crippen molar-refractivity contribution in [3.63, 3.8) is 0 Å². The van der Waals surface area contributed by atoms with Crippen LogP contribution in [0.3, 0.4) is 0 Å². The molecule has 3 heterocycles. The predicted molar refractivity (Wildman–Crippen MR) is 113 cm³/mol. The number of benzene rings is 3. The number of fused-ring (bicyclic) bond motifs is 4. The summed E-state index contributed by atoms with van der Waals surface area (Å²) in [5.41, 5.74) is 3.50. The van der Waals surface area contributed by atoms with Crippen LogP contribution < -0.4 is 18.9 Å². The Morgan fingerprint density at radius 2 is 1.74 bits per heavy atom. The van der Waals surface area contributed by atoms with Crippen LogP contribution in [0, 0.1) is 0 Å². The van der Waals surface area contributed by atoms with Gasteiger partial charge in [0.25, 0.3) is 0 Å². The first kappa shape index (κ1) is 18.0. The van der Waals surface area contributed by atoms with Crippen LogP contribution in [0.15, 0.2) is 66.4 Å². The molecule has 0 radical (unpaired) electrons. The molecule has 0 N–H and O–H groups in total. The highest BCUT2D eigenvalue weighted by atomic mass is 16.7. The predicted octanol–water partition coefficient (Wildman–Crippen LogP) is 4.38. The minimum absolute atomic E-state index is 0.102. The first-order valence-corrected chi connectivity index (χ1v) is 10.1. The summed E-state index contributed by atoms with van der Waals surface area (Å²) in [5.74, 6) is 3.12. The summed E-state index contributed by atoms with van der Waals surface area (Å²) in [5, 5.41) is 0. The van der Waals surface area contributed by atoms with E-state index in [9.17, 15) is 4.79 Å². The summed E-state index contributed by atoms with van der Waals surface area (Å²) in [6.45, 7) is 2.02. The van der Waals surface area contributed by atoms with Crippen molar-refractivity contribution in [1.82, 2.24) is 4.90 Å². The number of hydrogen-bond donors (Lipinski definition) is 0. The Hall–Kier alpha value is -3.77. The van der Waals surface area contributed by atoms with Crippen LogP contribution in [0.1, 0.15) is 27.0 Å². The van der Waals surface area contributed by atoms with Gasteiger partial charge in [-0.1, -0.05) is 36.4 Å². The first-order chi connectivity index (χ1) is 15.2. The molecule has 0 aromatic heterocycles. The minimum atomic E-state index is -0.102. The van der Waals surface area contributed by atoms with Crippen LogP contribution in [0.25, 0.3) is 6.08 Å². The number of ketones is 1. The third-order valence-corrected chi connectivity index (χ3v) is 5.62. The molecule has 0 saturated heterocycles. The number of rotatable bonds is 3. The van der Waals surface area contributed by atoms with Gasteiger partial charge in [-0.2, -0.15) is 0 Å². The van der Waals surface area contributed by atoms with Crippen LogP contribution in [0.4, 0.5) is 0 Å². The highest BCUT2D eigenvalue weighted by molar-refractivity contribution is 6.15. The van der Waals surface area contributed by atoms with E-state index < -0.39 is 0 Å². The molecule has 3 aliphatic rings. The van der Waals surface area contributed by atoms with E-state index in [4.69, 9.17) is 18.9 Å². The Morgan fingerprint density at radius 1 is 0.903 bits per heavy atom. The molecule has 3 aromatic carbocycles. The molecule has 6 heteroatoms. The number of Topliss-reactive ketones (excluding diaryl/α,β-unsaturated/α-hetero) is 1. The largest absolute Gasteiger partial charge is 0.478 e. The van der Waals surface area contributed by atoms with Gasteiger partial charge in [0, 0.05) is 13.1 Å². The Morgan fingerprint density at radius 3 is 2.65 bits per heavy atom. The highest BCUT2D eigenvalue weighted by Crippen LogP contribution is 2.42. The molecule has 6 nitrogen and oxygen atoms in total. The van der Waals surface area contributed by atoms with Gasteiger partial charge in [-0.25, -0.2) is 0 Å². The smallest absolute Gasteiger partial charge is 0.231 e. The molecular weight excluding hydrogens is 394 g/mol. The quantitative estimate of drug-likeness (QED) is 0.594. The Balaban J connectivity index is 1.26. The number of nitrogens with zero attached hydrogens (tertiary/aromatic N) is 1. The first-order valence-electron chi connectivity index (χ1n) is 10.1. The normalized spacial score (nSPS) is 17.8. The van der Waals surface area contributed by atoms with Gasteiger partial charge in [0.15, 0.2) is 17.3 Å². The van der Waals surface area contributed by atoms with Gasteiger partial charge in [-0.05, 0) is 41.5 Å². The van der Waals surface area contributed by atoms with Crippen LogP contribution in [-0.2, 0) is 13.1 Å². The molecule has 0 bridgehead atoms. The van der Waals surface area contributed by atoms with E-state index in [1.54, 1.807) is 12.1 Å². The van der Waals surface area contributed by atoms with E-state index in [0.717, 1.165) is 33.9 Å². The lowest BCUT2D eigenvalue weighted by Gasteiger charge is -2.29. The van der Waals surface area contributed by atoms with E-state index >= 15 is 0 Å². The molecule has 0 spiro atoms. The van der Waals surface area contributed by atoms with Crippen LogP contribution in [0.5, 0.6) is 23.0 Å². The van der Waals surface area contributed by atoms with Crippen molar-refractivity contribution in [3.8, 4) is 23.0 Å². The fraction of sp³-hybridized carbons (Fsp3) is 0.160. The van der Waals surface area contributed by atoms with Crippen molar-refractivity contribution in [1.29, 1.82) is 0 Å². The minimum Gasteiger partial charge on any atom is -0.478 e. The van der Waals surface area contributed by atoms with Gasteiger partial charge < -0.3 is 18.9 Å². The number of carbonyl (C=O) groups is 1. The van der Waals surface area contributed by atoms with E-state index in [2.05, 4.69) is 4.90 Å². The molecule has 154 valence electrons. The molecule has 3 aliphatic heterocycles. The van der Waals surface area contributed by atoms with Crippen molar-refractivity contribution in [2.75, 3.05) is 13.5 Å². The summed E-state index contributed by atoms with van der Waals surface area (Å²) in [6, 6.07) is 19.3. The SMILES string of the molecule is O=C1/C(=C/c2ccccc2)Oc2c1ccc1c2CN(Cc2ccc3c(c2)OCO3)CO1. The van der Waals surface area contributed by atoms with Gasteiger partial charge in [-0.3, -0.25) is 9.69 Å². The van der Waals surface area contributed by atoms with Crippen molar-refractivity contribution in [2.45, 2.75) is 13.1 Å². The monoisotopic (exact) mass is 413 g/mol. The zero-order valence-electron chi connectivity index (χ0n) is 16.7. The third kappa shape index (κ3) is 3.21. The molecular formula is C25H19NO5. The molecule has 3 aromatic rings. The number of hydrogen-bond acceptors (Lipinski definition) is 6. The van der Waals surface area contributed by atoms with Gasteiger partial charge in [0.05, 0.1) is 11.1 Å². The Bertz CT molecular complexity index is 1220. The van der Waals surface area contributed by atoms with E-state index in [1.165, 1.54) is 0 Å². The van der Waals surface area contributed by atoms with Crippen molar-refractivity contribution in [3.05, 3.63) is 88.7 Å². The van der Waals surface area contributed by atoms with Crippen LogP contribution >= 0.6 is 0 Å². The van der Waals surface area contributed by atoms with Crippen molar-refractivity contribution >= 4 is 11.9 Å². The molecule has 0 amide bonds. The maximum absolute atomic E-state index is 12.9. The second-order valence-corrected chi connectivity index (χ2v) is 7.72. The number of allylic oxidation sites excluding steroid dienone is 1. The lowest BCUT2D eigenvalue weighted by molar-refractivity contribution is 0.0872. The summed E-state index contributed by atoms with van der Waals surface area (Å²) in [4.78, 5) is 15.1. The average molecular weight is 413 g/mol. The second kappa shape index (κ2) is 7.18. The lowest BCUT2D eigenvalue weighted by Crippen LogP contribution is -2.31. The van der Waals surface area contributed by atoms with Gasteiger partial charge in [0.1, 0.15) is 18.2 Å². The number of ether oxygens (including phenoxy) is 4. The maximum atomic E-state index is 12.9. The summed E-state index contributed by atoms with van der Waals surface area (Å²) >= 11 is 0. The maximum Gasteiger partial charge on any atom is 0.231 e. The standard InChI is InChI=1S/C25H19NO5/c27-24-18-7-9-20-19(25(18)31-23(24)10-16-4-2-1-3-5-16)13-26(14-28-20)12-17-6-8-21-22(11-17)30-15-29-21/h1-11H,12-15H2/b23-10-. The zero-order valence-corrected chi connectivity index (χ0v) is 16.7. The Kier molecular flexibility index (Phi) is 4.18. The fourth-order valence-corrected chi connectivity index (χ4v) is 4.10. The zero-order chi connectivity index (χ0) is 20.8. The topological polar surface area (TPSA) is 57.2 Å². The van der Waals surface area contributed by atoms with E-state index in [-0.39, 0.29) is 12.6 Å². The molecule has 0 fully saturated rings. The van der Waals surface area contributed by atoms with Crippen molar-refractivity contribution < 1.29 is 23.7 Å². The molecule has 31 heavy (non-hydrogen) atoms.